The Morgan fingerprint density at radius 3 is 2.35 bits per heavy atom. The molecule has 1 aliphatic heterocycles. The highest BCUT2D eigenvalue weighted by molar-refractivity contribution is 7.91. The molecule has 0 aliphatic carbocycles. The third kappa shape index (κ3) is 16.0. The van der Waals surface area contributed by atoms with E-state index >= 15 is 0 Å². The number of sulfone groups is 1. The van der Waals surface area contributed by atoms with Gasteiger partial charge in [0.25, 0.3) is 0 Å². The van der Waals surface area contributed by atoms with Crippen molar-refractivity contribution < 1.29 is 51.2 Å². The van der Waals surface area contributed by atoms with Gasteiger partial charge in [-0.3, -0.25) is 0 Å². The van der Waals surface area contributed by atoms with E-state index in [0.717, 1.165) is 42.2 Å². The van der Waals surface area contributed by atoms with Gasteiger partial charge in [-0.15, -0.1) is 6.58 Å². The molecule has 0 spiro atoms. The summed E-state index contributed by atoms with van der Waals surface area (Å²) in [5.41, 5.74) is 1.89. The van der Waals surface area contributed by atoms with Crippen molar-refractivity contribution in [2.75, 3.05) is 32.7 Å². The van der Waals surface area contributed by atoms with E-state index in [1.165, 1.54) is 30.4 Å². The fourth-order valence-corrected chi connectivity index (χ4v) is 6.13. The number of benzene rings is 2. The number of rotatable bonds is 22. The molecule has 1 fully saturated rings. The molecule has 2 aromatic rings. The normalized spacial score (nSPS) is 17.5. The molecule has 51 heavy (non-hydrogen) atoms. The molecular weight excluding hydrogens is 676 g/mol. The number of carbonyl (C=O) groups excluding carboxylic acids is 2. The van der Waals surface area contributed by atoms with Gasteiger partial charge in [0.2, 0.25) is 0 Å². The Morgan fingerprint density at radius 1 is 0.961 bits per heavy atom. The standard InChI is InChI=1S/C39H52O11S/c1-6-24-45-36(21-23-37(40)46-26-27-51(42,43)35-19-10-29(2)11-20-35)31(4)50-38(41)22-18-34(48-28-32-13-16-33(44-5)17-14-32)15-12-30(3)49-39-9-7-8-25-47-39/h6,10-11,13-14,16-23,30-31,34,36,39H,1,7-9,12,15,24-28H2,2-5H3/b22-18+,23-21+/t30-,31-,34+,36+,39?/m1/s1. The minimum absolute atomic E-state index is 0.0700. The van der Waals surface area contributed by atoms with Gasteiger partial charge >= 0.3 is 11.9 Å². The zero-order chi connectivity index (χ0) is 37.1. The molecule has 1 saturated heterocycles. The zero-order valence-corrected chi connectivity index (χ0v) is 30.9. The first-order chi connectivity index (χ1) is 24.5. The summed E-state index contributed by atoms with van der Waals surface area (Å²) < 4.78 is 64.7. The van der Waals surface area contributed by atoms with Gasteiger partial charge in [0, 0.05) is 18.8 Å². The fourth-order valence-electron chi connectivity index (χ4n) is 5.04. The van der Waals surface area contributed by atoms with Crippen LogP contribution in [-0.4, -0.2) is 83.7 Å². The Labute approximate surface area is 302 Å². The van der Waals surface area contributed by atoms with Crippen molar-refractivity contribution in [1.29, 1.82) is 0 Å². The molecule has 0 N–H and O–H groups in total. The average Bonchev–Trinajstić information content (AvgIpc) is 3.12. The number of methoxy groups -OCH3 is 1. The SMILES string of the molecule is C=CCO[C@@H](/C=C/C(=O)OCCS(=O)(=O)c1ccc(C)cc1)[C@@H](C)OC(=O)/C=C/[C@H](CC[C@@H](C)OC1CCCCO1)OCc1ccc(OC)cc1. The summed E-state index contributed by atoms with van der Waals surface area (Å²) in [6, 6.07) is 14.0. The number of aryl methyl sites for hydroxylation is 1. The number of hydrogen-bond donors (Lipinski definition) is 0. The second-order valence-electron chi connectivity index (χ2n) is 12.3. The number of carbonyl (C=O) groups is 2. The van der Waals surface area contributed by atoms with Gasteiger partial charge in [-0.2, -0.15) is 0 Å². The fraction of sp³-hybridized carbons (Fsp3) is 0.487. The minimum Gasteiger partial charge on any atom is -0.497 e. The van der Waals surface area contributed by atoms with Crippen LogP contribution in [0.25, 0.3) is 0 Å². The maximum Gasteiger partial charge on any atom is 0.330 e. The van der Waals surface area contributed by atoms with Gasteiger partial charge in [-0.05, 0) is 94.9 Å². The summed E-state index contributed by atoms with van der Waals surface area (Å²) >= 11 is 0. The van der Waals surface area contributed by atoms with E-state index in [2.05, 4.69) is 6.58 Å². The first-order valence-corrected chi connectivity index (χ1v) is 18.9. The maximum atomic E-state index is 12.9. The summed E-state index contributed by atoms with van der Waals surface area (Å²) in [5.74, 6) is -0.998. The molecule has 2 aromatic carbocycles. The molecule has 12 heteroatoms. The van der Waals surface area contributed by atoms with Crippen LogP contribution in [0.3, 0.4) is 0 Å². The van der Waals surface area contributed by atoms with Crippen LogP contribution in [0.1, 0.15) is 57.1 Å². The van der Waals surface area contributed by atoms with Gasteiger partial charge in [-0.25, -0.2) is 18.0 Å². The lowest BCUT2D eigenvalue weighted by Crippen LogP contribution is -2.30. The van der Waals surface area contributed by atoms with E-state index in [4.69, 9.17) is 33.2 Å². The lowest BCUT2D eigenvalue weighted by Gasteiger charge is -2.26. The van der Waals surface area contributed by atoms with Crippen molar-refractivity contribution in [3.05, 3.63) is 96.6 Å². The van der Waals surface area contributed by atoms with E-state index in [1.807, 2.05) is 38.1 Å². The van der Waals surface area contributed by atoms with Crippen molar-refractivity contribution in [3.63, 3.8) is 0 Å². The van der Waals surface area contributed by atoms with Crippen molar-refractivity contribution in [2.24, 2.45) is 0 Å². The quantitative estimate of drug-likeness (QED) is 0.0776. The number of ether oxygens (including phenoxy) is 7. The summed E-state index contributed by atoms with van der Waals surface area (Å²) in [6.45, 7) is 9.97. The van der Waals surface area contributed by atoms with Crippen LogP contribution in [0.2, 0.25) is 0 Å². The average molecular weight is 729 g/mol. The van der Waals surface area contributed by atoms with Crippen LogP contribution in [0, 0.1) is 6.92 Å². The van der Waals surface area contributed by atoms with Gasteiger partial charge in [-0.1, -0.05) is 35.9 Å². The first kappa shape index (κ1) is 41.6. The van der Waals surface area contributed by atoms with Crippen molar-refractivity contribution in [1.82, 2.24) is 0 Å². The monoisotopic (exact) mass is 728 g/mol. The highest BCUT2D eigenvalue weighted by atomic mass is 32.2. The van der Waals surface area contributed by atoms with Crippen LogP contribution < -0.4 is 4.74 Å². The van der Waals surface area contributed by atoms with Gasteiger partial charge in [0.15, 0.2) is 16.1 Å². The second-order valence-corrected chi connectivity index (χ2v) is 14.4. The molecule has 11 nitrogen and oxygen atoms in total. The Balaban J connectivity index is 1.56. The van der Waals surface area contributed by atoms with Crippen LogP contribution >= 0.6 is 0 Å². The summed E-state index contributed by atoms with van der Waals surface area (Å²) in [4.78, 5) is 25.5. The summed E-state index contributed by atoms with van der Waals surface area (Å²) in [7, 11) is -2.01. The van der Waals surface area contributed by atoms with Crippen LogP contribution in [0.5, 0.6) is 5.75 Å². The first-order valence-electron chi connectivity index (χ1n) is 17.3. The minimum atomic E-state index is -3.62. The largest absolute Gasteiger partial charge is 0.497 e. The predicted octanol–water partition coefficient (Wildman–Crippen LogP) is 6.23. The van der Waals surface area contributed by atoms with E-state index < -0.39 is 40.1 Å². The third-order valence-electron chi connectivity index (χ3n) is 8.02. The van der Waals surface area contributed by atoms with Gasteiger partial charge in [0.1, 0.15) is 24.6 Å². The second kappa shape index (κ2) is 22.2. The molecule has 1 heterocycles. The molecule has 0 amide bonds. The lowest BCUT2D eigenvalue weighted by atomic mass is 10.1. The molecule has 1 unspecified atom stereocenters. The predicted molar refractivity (Wildman–Crippen MR) is 193 cm³/mol. The van der Waals surface area contributed by atoms with E-state index in [-0.39, 0.29) is 36.3 Å². The number of esters is 2. The number of hydrogen-bond acceptors (Lipinski definition) is 11. The maximum absolute atomic E-state index is 12.9. The summed E-state index contributed by atoms with van der Waals surface area (Å²) in [6.07, 6.45) is 9.01. The molecule has 5 atom stereocenters. The highest BCUT2D eigenvalue weighted by Gasteiger charge is 2.21. The Hall–Kier alpha value is -3.81. The Kier molecular flexibility index (Phi) is 18.1. The highest BCUT2D eigenvalue weighted by Crippen LogP contribution is 2.20. The van der Waals surface area contributed by atoms with Crippen molar-refractivity contribution in [2.45, 2.75) is 95.1 Å². The molecule has 1 aliphatic rings. The molecule has 0 bridgehead atoms. The summed E-state index contributed by atoms with van der Waals surface area (Å²) in [5, 5.41) is 0. The van der Waals surface area contributed by atoms with E-state index in [0.29, 0.717) is 26.1 Å². The van der Waals surface area contributed by atoms with E-state index in [1.54, 1.807) is 32.2 Å². The van der Waals surface area contributed by atoms with E-state index in [9.17, 15) is 18.0 Å². The zero-order valence-electron chi connectivity index (χ0n) is 30.1. The molecule has 280 valence electrons. The topological polar surface area (TPSA) is 133 Å². The van der Waals surface area contributed by atoms with Crippen LogP contribution in [-0.2, 0) is 54.5 Å². The smallest absolute Gasteiger partial charge is 0.330 e. The molecule has 0 saturated carbocycles. The Morgan fingerprint density at radius 2 is 1.69 bits per heavy atom. The van der Waals surface area contributed by atoms with Crippen molar-refractivity contribution >= 4 is 21.8 Å². The molecular formula is C39H52O11S. The molecule has 3 rings (SSSR count). The van der Waals surface area contributed by atoms with Gasteiger partial charge in [0.05, 0.1) is 43.2 Å². The van der Waals surface area contributed by atoms with Crippen molar-refractivity contribution in [3.8, 4) is 5.75 Å². The third-order valence-corrected chi connectivity index (χ3v) is 9.71. The molecule has 0 radical (unpaired) electrons. The molecule has 0 aromatic heterocycles. The van der Waals surface area contributed by atoms with Crippen LogP contribution in [0.15, 0.2) is 90.4 Å². The lowest BCUT2D eigenvalue weighted by molar-refractivity contribution is -0.186. The Bertz CT molecular complexity index is 1510. The van der Waals surface area contributed by atoms with Crippen LogP contribution in [0.4, 0.5) is 0 Å². The van der Waals surface area contributed by atoms with Gasteiger partial charge < -0.3 is 33.2 Å².